The lowest BCUT2D eigenvalue weighted by Crippen LogP contribution is -2.18. The zero-order valence-corrected chi connectivity index (χ0v) is 13.1. The van der Waals surface area contributed by atoms with Gasteiger partial charge in [-0.1, -0.05) is 24.3 Å². The van der Waals surface area contributed by atoms with Crippen LogP contribution in [0.3, 0.4) is 0 Å². The molecule has 0 saturated heterocycles. The molecule has 2 aromatic carbocycles. The van der Waals surface area contributed by atoms with Gasteiger partial charge in [-0.3, -0.25) is 0 Å². The first-order valence-electron chi connectivity index (χ1n) is 6.52. The number of halogens is 7. The van der Waals surface area contributed by atoms with Crippen molar-refractivity contribution in [2.24, 2.45) is 5.73 Å². The van der Waals surface area contributed by atoms with E-state index in [2.05, 4.69) is 9.47 Å². The minimum atomic E-state index is -4.88. The summed E-state index contributed by atoms with van der Waals surface area (Å²) in [4.78, 5) is 0. The van der Waals surface area contributed by atoms with E-state index in [9.17, 15) is 26.3 Å². The largest absolute Gasteiger partial charge is 0.573 e. The van der Waals surface area contributed by atoms with E-state index in [1.54, 1.807) is 0 Å². The van der Waals surface area contributed by atoms with Gasteiger partial charge >= 0.3 is 12.7 Å². The third kappa shape index (κ3) is 6.35. The molecule has 2 rings (SSSR count). The van der Waals surface area contributed by atoms with Crippen LogP contribution in [0.15, 0.2) is 42.5 Å². The second-order valence-electron chi connectivity index (χ2n) is 4.65. The van der Waals surface area contributed by atoms with Crippen LogP contribution in [-0.2, 0) is 6.54 Å². The van der Waals surface area contributed by atoms with E-state index in [1.165, 1.54) is 24.3 Å². The lowest BCUT2D eigenvalue weighted by atomic mass is 10.0. The van der Waals surface area contributed by atoms with Crippen molar-refractivity contribution in [1.82, 2.24) is 0 Å². The van der Waals surface area contributed by atoms with Crippen LogP contribution in [0.4, 0.5) is 26.3 Å². The molecule has 0 aliphatic carbocycles. The van der Waals surface area contributed by atoms with Crippen LogP contribution in [0.1, 0.15) is 5.56 Å². The lowest BCUT2D eigenvalue weighted by Gasteiger charge is -2.14. The Morgan fingerprint density at radius 2 is 1.28 bits per heavy atom. The lowest BCUT2D eigenvalue weighted by molar-refractivity contribution is -0.275. The predicted molar refractivity (Wildman–Crippen MR) is 80.4 cm³/mol. The van der Waals surface area contributed by atoms with Crippen molar-refractivity contribution >= 4 is 12.4 Å². The van der Waals surface area contributed by atoms with Crippen molar-refractivity contribution in [1.29, 1.82) is 0 Å². The van der Waals surface area contributed by atoms with Gasteiger partial charge in [0.1, 0.15) is 11.5 Å². The van der Waals surface area contributed by atoms with Gasteiger partial charge in [0.15, 0.2) is 0 Å². The van der Waals surface area contributed by atoms with E-state index in [4.69, 9.17) is 5.73 Å². The van der Waals surface area contributed by atoms with Crippen molar-refractivity contribution in [2.75, 3.05) is 0 Å². The molecule has 0 aromatic heterocycles. The second kappa shape index (κ2) is 7.83. The molecule has 0 fully saturated rings. The number of nitrogens with two attached hydrogens (primary N) is 1. The Hall–Kier alpha value is -2.13. The number of rotatable bonds is 4. The standard InChI is InChI=1S/C15H11F6NO2.ClH/c16-14(17,18)23-12-5-3-9(4-6-12)10-1-2-11(8-22)13(7-10)24-15(19,20)21;/h1-7H,8,22H2;1H. The molecule has 25 heavy (non-hydrogen) atoms. The van der Waals surface area contributed by atoms with Crippen LogP contribution >= 0.6 is 12.4 Å². The van der Waals surface area contributed by atoms with Crippen LogP contribution in [0.25, 0.3) is 11.1 Å². The molecule has 0 saturated carbocycles. The fourth-order valence-corrected chi connectivity index (χ4v) is 1.97. The molecule has 0 aliphatic rings. The number of ether oxygens (including phenoxy) is 2. The molecule has 0 atom stereocenters. The average molecular weight is 388 g/mol. The van der Waals surface area contributed by atoms with Gasteiger partial charge in [-0.05, 0) is 29.3 Å². The summed E-state index contributed by atoms with van der Waals surface area (Å²) in [5.74, 6) is -0.894. The normalized spacial score (nSPS) is 11.6. The zero-order chi connectivity index (χ0) is 18.0. The maximum absolute atomic E-state index is 12.4. The molecule has 0 amide bonds. The van der Waals surface area contributed by atoms with Crippen LogP contribution in [0.5, 0.6) is 11.5 Å². The van der Waals surface area contributed by atoms with Gasteiger partial charge in [-0.15, -0.1) is 38.7 Å². The Balaban J connectivity index is 0.00000312. The highest BCUT2D eigenvalue weighted by molar-refractivity contribution is 5.85. The summed E-state index contributed by atoms with van der Waals surface area (Å²) in [6, 6.07) is 8.66. The molecule has 138 valence electrons. The molecule has 2 aromatic rings. The van der Waals surface area contributed by atoms with Crippen LogP contribution in [-0.4, -0.2) is 12.7 Å². The molecule has 0 bridgehead atoms. The zero-order valence-electron chi connectivity index (χ0n) is 12.3. The minimum absolute atomic E-state index is 0. The number of alkyl halides is 6. The van der Waals surface area contributed by atoms with E-state index >= 15 is 0 Å². The Bertz CT molecular complexity index is 701. The first kappa shape index (κ1) is 20.9. The molecule has 0 heterocycles. The van der Waals surface area contributed by atoms with Crippen LogP contribution in [0, 0.1) is 0 Å². The van der Waals surface area contributed by atoms with E-state index < -0.39 is 24.2 Å². The van der Waals surface area contributed by atoms with Crippen LogP contribution in [0.2, 0.25) is 0 Å². The first-order valence-corrected chi connectivity index (χ1v) is 6.52. The highest BCUT2D eigenvalue weighted by atomic mass is 35.5. The van der Waals surface area contributed by atoms with Crippen LogP contribution < -0.4 is 15.2 Å². The maximum atomic E-state index is 12.4. The third-order valence-corrected chi connectivity index (χ3v) is 2.93. The quantitative estimate of drug-likeness (QED) is 0.748. The summed E-state index contributed by atoms with van der Waals surface area (Å²) in [6.07, 6.45) is -9.70. The van der Waals surface area contributed by atoms with Crippen molar-refractivity contribution in [2.45, 2.75) is 19.3 Å². The molecule has 3 nitrogen and oxygen atoms in total. The smallest absolute Gasteiger partial charge is 0.406 e. The van der Waals surface area contributed by atoms with E-state index in [0.29, 0.717) is 11.1 Å². The average Bonchev–Trinajstić information content (AvgIpc) is 2.44. The molecular weight excluding hydrogens is 376 g/mol. The number of hydrogen-bond donors (Lipinski definition) is 1. The predicted octanol–water partition coefficient (Wildman–Crippen LogP) is 5.03. The maximum Gasteiger partial charge on any atom is 0.573 e. The molecular formula is C15H12ClF6NO2. The summed E-state index contributed by atoms with van der Waals surface area (Å²) in [7, 11) is 0. The number of benzene rings is 2. The summed E-state index contributed by atoms with van der Waals surface area (Å²) >= 11 is 0. The Morgan fingerprint density at radius 3 is 1.76 bits per heavy atom. The van der Waals surface area contributed by atoms with E-state index in [-0.39, 0.29) is 24.5 Å². The Morgan fingerprint density at radius 1 is 0.760 bits per heavy atom. The van der Waals surface area contributed by atoms with Gasteiger partial charge in [0.05, 0.1) is 0 Å². The highest BCUT2D eigenvalue weighted by Crippen LogP contribution is 2.32. The fraction of sp³-hybridized carbons (Fsp3) is 0.200. The van der Waals surface area contributed by atoms with Gasteiger partial charge in [0, 0.05) is 12.1 Å². The monoisotopic (exact) mass is 387 g/mol. The van der Waals surface area contributed by atoms with Gasteiger partial charge in [-0.2, -0.15) is 0 Å². The summed E-state index contributed by atoms with van der Waals surface area (Å²) < 4.78 is 81.2. The van der Waals surface area contributed by atoms with Crippen molar-refractivity contribution < 1.29 is 35.8 Å². The summed E-state index contributed by atoms with van der Waals surface area (Å²) in [5.41, 5.74) is 6.23. The highest BCUT2D eigenvalue weighted by Gasteiger charge is 2.32. The summed E-state index contributed by atoms with van der Waals surface area (Å²) in [5, 5.41) is 0. The Kier molecular flexibility index (Phi) is 6.55. The molecule has 0 unspecified atom stereocenters. The Labute approximate surface area is 144 Å². The van der Waals surface area contributed by atoms with Crippen molar-refractivity contribution in [3.63, 3.8) is 0 Å². The van der Waals surface area contributed by atoms with Gasteiger partial charge in [-0.25, -0.2) is 0 Å². The fourth-order valence-electron chi connectivity index (χ4n) is 1.97. The topological polar surface area (TPSA) is 44.5 Å². The molecule has 2 N–H and O–H groups in total. The van der Waals surface area contributed by atoms with Gasteiger partial charge < -0.3 is 15.2 Å². The SMILES string of the molecule is Cl.NCc1ccc(-c2ccc(OC(F)(F)F)cc2)cc1OC(F)(F)F. The minimum Gasteiger partial charge on any atom is -0.406 e. The van der Waals surface area contributed by atoms with E-state index in [1.807, 2.05) is 0 Å². The van der Waals surface area contributed by atoms with E-state index in [0.717, 1.165) is 18.2 Å². The van der Waals surface area contributed by atoms with Gasteiger partial charge in [0.25, 0.3) is 0 Å². The molecule has 10 heteroatoms. The molecule has 0 spiro atoms. The summed E-state index contributed by atoms with van der Waals surface area (Å²) in [6.45, 7) is -0.163. The second-order valence-corrected chi connectivity index (χ2v) is 4.65. The third-order valence-electron chi connectivity index (χ3n) is 2.93. The van der Waals surface area contributed by atoms with Crippen molar-refractivity contribution in [3.05, 3.63) is 48.0 Å². The number of hydrogen-bond acceptors (Lipinski definition) is 3. The first-order chi connectivity index (χ1) is 11.1. The van der Waals surface area contributed by atoms with Crippen molar-refractivity contribution in [3.8, 4) is 22.6 Å². The molecule has 0 aliphatic heterocycles. The van der Waals surface area contributed by atoms with Gasteiger partial charge in [0.2, 0.25) is 0 Å². The molecule has 0 radical (unpaired) electrons.